The molecule has 1 aromatic carbocycles. The Morgan fingerprint density at radius 3 is 2.41 bits per heavy atom. The molecule has 8 heteroatoms. The average Bonchev–Trinajstić information content (AvgIpc) is 2.63. The minimum absolute atomic E-state index is 0.0245. The number of hydrogen-bond acceptors (Lipinski definition) is 4. The number of aryl methyl sites for hydroxylation is 1. The largest absolute Gasteiger partial charge is 0.481 e. The highest BCUT2D eigenvalue weighted by Crippen LogP contribution is 2.33. The summed E-state index contributed by atoms with van der Waals surface area (Å²) in [6, 6.07) is 4.63. The van der Waals surface area contributed by atoms with Gasteiger partial charge in [0.05, 0.1) is 11.4 Å². The topological polar surface area (TPSA) is 92.9 Å². The minimum atomic E-state index is -0.991. The van der Waals surface area contributed by atoms with E-state index >= 15 is 0 Å². The van der Waals surface area contributed by atoms with E-state index in [9.17, 15) is 14.7 Å². The van der Waals surface area contributed by atoms with Gasteiger partial charge in [0.15, 0.2) is 0 Å². The molecule has 0 aliphatic carbocycles. The second-order valence-electron chi connectivity index (χ2n) is 6.51. The lowest BCUT2D eigenvalue weighted by molar-refractivity contribution is -0.150. The van der Waals surface area contributed by atoms with E-state index in [1.807, 2.05) is 26.8 Å². The molecule has 3 N–H and O–H groups in total. The molecule has 0 saturated carbocycles. The van der Waals surface area contributed by atoms with Gasteiger partial charge in [-0.05, 0) is 49.4 Å². The molecule has 0 aliphatic rings. The van der Waals surface area contributed by atoms with Crippen LogP contribution in [0, 0.1) is 12.3 Å². The molecule has 0 bridgehead atoms. The van der Waals surface area contributed by atoms with Gasteiger partial charge in [-0.15, -0.1) is 23.2 Å². The van der Waals surface area contributed by atoms with Crippen LogP contribution in [-0.2, 0) is 11.2 Å². The molecular formula is C19H28Cl2N2O4. The van der Waals surface area contributed by atoms with Gasteiger partial charge in [0, 0.05) is 18.5 Å². The van der Waals surface area contributed by atoms with Gasteiger partial charge >= 0.3 is 12.1 Å². The first-order valence-corrected chi connectivity index (χ1v) is 9.99. The van der Waals surface area contributed by atoms with Crippen LogP contribution in [0.1, 0.15) is 37.8 Å². The maximum absolute atomic E-state index is 12.2. The summed E-state index contributed by atoms with van der Waals surface area (Å²) in [4.78, 5) is 25.2. The number of benzene rings is 1. The Hall–Kier alpha value is -1.50. The first kappa shape index (κ1) is 23.5. The van der Waals surface area contributed by atoms with Crippen molar-refractivity contribution in [1.82, 2.24) is 4.90 Å². The molecule has 0 spiro atoms. The number of rotatable bonds is 10. The Morgan fingerprint density at radius 1 is 1.30 bits per heavy atom. The maximum Gasteiger partial charge on any atom is 0.416 e. The predicted octanol–water partition coefficient (Wildman–Crippen LogP) is 3.99. The van der Waals surface area contributed by atoms with Crippen molar-refractivity contribution in [2.75, 3.05) is 18.4 Å². The van der Waals surface area contributed by atoms with E-state index in [0.717, 1.165) is 11.1 Å². The lowest BCUT2D eigenvalue weighted by Gasteiger charge is -2.33. The monoisotopic (exact) mass is 418 g/mol. The van der Waals surface area contributed by atoms with Crippen molar-refractivity contribution in [3.63, 3.8) is 0 Å². The zero-order valence-electron chi connectivity index (χ0n) is 16.0. The summed E-state index contributed by atoms with van der Waals surface area (Å²) in [6.45, 7) is 5.86. The van der Waals surface area contributed by atoms with E-state index in [1.54, 1.807) is 12.1 Å². The molecule has 1 aromatic rings. The van der Waals surface area contributed by atoms with Crippen LogP contribution in [0.2, 0.25) is 0 Å². The van der Waals surface area contributed by atoms with Crippen molar-refractivity contribution in [2.24, 2.45) is 11.1 Å². The van der Waals surface area contributed by atoms with Gasteiger partial charge in [0.1, 0.15) is 5.75 Å². The maximum atomic E-state index is 12.2. The average molecular weight is 419 g/mol. The molecule has 0 aromatic heterocycles. The molecule has 1 rings (SSSR count). The quantitative estimate of drug-likeness (QED) is 0.442. The van der Waals surface area contributed by atoms with Gasteiger partial charge in [-0.3, -0.25) is 9.69 Å². The molecule has 6 nitrogen and oxygen atoms in total. The normalized spacial score (nSPS) is 12.5. The van der Waals surface area contributed by atoms with Crippen molar-refractivity contribution in [2.45, 2.75) is 46.1 Å². The van der Waals surface area contributed by atoms with Gasteiger partial charge in [-0.25, -0.2) is 4.79 Å². The number of aliphatic carboxylic acids is 1. The fraction of sp³-hybridized carbons (Fsp3) is 0.579. The van der Waals surface area contributed by atoms with E-state index in [2.05, 4.69) is 0 Å². The molecule has 1 amide bonds. The van der Waals surface area contributed by atoms with Gasteiger partial charge in [-0.2, -0.15) is 0 Å². The van der Waals surface area contributed by atoms with Crippen molar-refractivity contribution in [3.8, 4) is 5.75 Å². The zero-order chi connectivity index (χ0) is 20.6. The smallest absolute Gasteiger partial charge is 0.416 e. The molecule has 0 heterocycles. The Bertz CT molecular complexity index is 651. The van der Waals surface area contributed by atoms with Crippen molar-refractivity contribution >= 4 is 35.3 Å². The number of carboxylic acid groups (broad SMARTS) is 1. The SMILES string of the molecule is CCC(CC)(C(=O)O)[C@H](N)Cc1cc(OC(=O)N(CCl)CCCl)ccc1C. The van der Waals surface area contributed by atoms with E-state index in [0.29, 0.717) is 25.0 Å². The Kier molecular flexibility index (Phi) is 9.36. The Labute approximate surface area is 170 Å². The number of carbonyl (C=O) groups excluding carboxylic acids is 1. The van der Waals surface area contributed by atoms with Gasteiger partial charge in [-0.1, -0.05) is 19.9 Å². The number of carbonyl (C=O) groups is 2. The fourth-order valence-corrected chi connectivity index (χ4v) is 3.49. The van der Waals surface area contributed by atoms with Crippen molar-refractivity contribution < 1.29 is 19.4 Å². The summed E-state index contributed by atoms with van der Waals surface area (Å²) in [5, 5.41) is 9.68. The highest BCUT2D eigenvalue weighted by Gasteiger charge is 2.41. The summed E-state index contributed by atoms with van der Waals surface area (Å²) < 4.78 is 5.37. The highest BCUT2D eigenvalue weighted by atomic mass is 35.5. The third-order valence-electron chi connectivity index (χ3n) is 5.12. The fourth-order valence-electron chi connectivity index (χ4n) is 3.07. The molecule has 0 unspecified atom stereocenters. The second kappa shape index (κ2) is 10.7. The van der Waals surface area contributed by atoms with E-state index in [-0.39, 0.29) is 18.4 Å². The van der Waals surface area contributed by atoms with E-state index in [4.69, 9.17) is 33.7 Å². The summed E-state index contributed by atoms with van der Waals surface area (Å²) in [5.74, 6) is -0.285. The number of alkyl halides is 2. The molecule has 0 fully saturated rings. The van der Waals surface area contributed by atoms with Gasteiger partial charge in [0.2, 0.25) is 0 Å². The van der Waals surface area contributed by atoms with Crippen LogP contribution >= 0.6 is 23.2 Å². The number of carboxylic acids is 1. The van der Waals surface area contributed by atoms with Crippen molar-refractivity contribution in [3.05, 3.63) is 29.3 Å². The van der Waals surface area contributed by atoms with Crippen molar-refractivity contribution in [1.29, 1.82) is 0 Å². The van der Waals surface area contributed by atoms with Gasteiger partial charge < -0.3 is 15.6 Å². The number of nitrogens with two attached hydrogens (primary N) is 1. The first-order chi connectivity index (χ1) is 12.7. The highest BCUT2D eigenvalue weighted by molar-refractivity contribution is 6.19. The Balaban J connectivity index is 3.02. The molecular weight excluding hydrogens is 391 g/mol. The van der Waals surface area contributed by atoms with Crippen LogP contribution in [-0.4, -0.2) is 46.5 Å². The molecule has 27 heavy (non-hydrogen) atoms. The van der Waals surface area contributed by atoms with Crippen LogP contribution in [0.25, 0.3) is 0 Å². The number of amides is 1. The lowest BCUT2D eigenvalue weighted by atomic mass is 9.73. The number of hydrogen-bond donors (Lipinski definition) is 2. The molecule has 0 aliphatic heterocycles. The first-order valence-electron chi connectivity index (χ1n) is 8.92. The molecule has 1 atom stereocenters. The molecule has 0 radical (unpaired) electrons. The summed E-state index contributed by atoms with van der Waals surface area (Å²) in [7, 11) is 0. The lowest BCUT2D eigenvalue weighted by Crippen LogP contribution is -2.48. The zero-order valence-corrected chi connectivity index (χ0v) is 17.5. The number of ether oxygens (including phenoxy) is 1. The van der Waals surface area contributed by atoms with E-state index in [1.165, 1.54) is 4.90 Å². The molecule has 0 saturated heterocycles. The van der Waals surface area contributed by atoms with Crippen LogP contribution in [0.4, 0.5) is 4.79 Å². The molecule has 152 valence electrons. The van der Waals surface area contributed by atoms with Crippen LogP contribution in [0.3, 0.4) is 0 Å². The summed E-state index contributed by atoms with van der Waals surface area (Å²) in [5.41, 5.74) is 7.11. The Morgan fingerprint density at radius 2 is 1.93 bits per heavy atom. The third kappa shape index (κ3) is 5.74. The minimum Gasteiger partial charge on any atom is -0.481 e. The van der Waals surface area contributed by atoms with Crippen LogP contribution in [0.15, 0.2) is 18.2 Å². The van der Waals surface area contributed by atoms with E-state index < -0.39 is 23.5 Å². The predicted molar refractivity (Wildman–Crippen MR) is 108 cm³/mol. The summed E-state index contributed by atoms with van der Waals surface area (Å²) in [6.07, 6.45) is 0.659. The number of nitrogens with zero attached hydrogens (tertiary/aromatic N) is 1. The third-order valence-corrected chi connectivity index (χ3v) is 5.58. The van der Waals surface area contributed by atoms with Gasteiger partial charge in [0.25, 0.3) is 0 Å². The second-order valence-corrected chi connectivity index (χ2v) is 7.12. The summed E-state index contributed by atoms with van der Waals surface area (Å²) >= 11 is 11.4. The van der Waals surface area contributed by atoms with Crippen LogP contribution < -0.4 is 10.5 Å². The van der Waals surface area contributed by atoms with Crippen LogP contribution in [0.5, 0.6) is 5.75 Å². The standard InChI is InChI=1S/C19H28Cl2N2O4/c1-4-19(5-2,17(24)25)16(22)11-14-10-15(7-6-13(14)3)27-18(26)23(12-21)9-8-20/h6-7,10,16H,4-5,8-9,11-12,22H2,1-3H3,(H,24,25)/t16-/m1/s1. The number of halogens is 2.